The van der Waals surface area contributed by atoms with Crippen molar-refractivity contribution in [1.29, 1.82) is 0 Å². The highest BCUT2D eigenvalue weighted by Gasteiger charge is 2.36. The summed E-state index contributed by atoms with van der Waals surface area (Å²) < 4.78 is 54.5. The van der Waals surface area contributed by atoms with Crippen LogP contribution in [-0.2, 0) is 14.8 Å². The van der Waals surface area contributed by atoms with Crippen molar-refractivity contribution in [2.24, 2.45) is 11.8 Å². The van der Waals surface area contributed by atoms with Crippen molar-refractivity contribution in [2.45, 2.75) is 38.1 Å². The van der Waals surface area contributed by atoms with E-state index in [0.717, 1.165) is 42.0 Å². The van der Waals surface area contributed by atoms with E-state index in [1.807, 2.05) is 16.7 Å². The second kappa shape index (κ2) is 8.65. The Morgan fingerprint density at radius 3 is 2.07 bits per heavy atom. The molecule has 0 aromatic heterocycles. The number of hydrogen-bond acceptors (Lipinski definition) is 4. The number of piperazine rings is 1. The van der Waals surface area contributed by atoms with Crippen LogP contribution in [0.1, 0.15) is 27.2 Å². The van der Waals surface area contributed by atoms with Crippen LogP contribution in [0.3, 0.4) is 0 Å². The highest BCUT2D eigenvalue weighted by atomic mass is 32.2. The van der Waals surface area contributed by atoms with Crippen molar-refractivity contribution in [1.82, 2.24) is 14.1 Å². The summed E-state index contributed by atoms with van der Waals surface area (Å²) in [6, 6.07) is 2.65. The molecule has 0 bridgehead atoms. The zero-order valence-corrected chi connectivity index (χ0v) is 18.0. The molecule has 1 amide bonds. The Morgan fingerprint density at radius 2 is 1.55 bits per heavy atom. The van der Waals surface area contributed by atoms with Gasteiger partial charge in [0.05, 0.1) is 6.04 Å². The molecule has 0 radical (unpaired) electrons. The minimum absolute atomic E-state index is 0.0554. The van der Waals surface area contributed by atoms with Gasteiger partial charge in [-0.3, -0.25) is 9.69 Å². The normalized spacial score (nSPS) is 25.8. The molecule has 3 rings (SSSR count). The monoisotopic (exact) mass is 429 g/mol. The summed E-state index contributed by atoms with van der Waals surface area (Å²) in [6.07, 6.45) is 1.11. The van der Waals surface area contributed by atoms with Gasteiger partial charge in [0.1, 0.15) is 11.6 Å². The van der Waals surface area contributed by atoms with E-state index >= 15 is 0 Å². The molecule has 6 nitrogen and oxygen atoms in total. The molecule has 1 aromatic rings. The maximum absolute atomic E-state index is 14.0. The number of piperidine rings is 1. The standard InChI is InChI=1S/C20H29F2N3O3S/c1-14-11-15(2)13-24(12-14)20(26)16(3)23-7-9-25(10-8-23)29(27,28)19-17(21)5-4-6-18(19)22/h4-6,14-16H,7-13H2,1-3H3. The Kier molecular flexibility index (Phi) is 6.60. The Morgan fingerprint density at radius 1 is 1.03 bits per heavy atom. The van der Waals surface area contributed by atoms with E-state index in [4.69, 9.17) is 0 Å². The molecule has 0 saturated carbocycles. The minimum Gasteiger partial charge on any atom is -0.341 e. The van der Waals surface area contributed by atoms with Crippen LogP contribution in [0.4, 0.5) is 8.78 Å². The van der Waals surface area contributed by atoms with Crippen LogP contribution in [0.15, 0.2) is 23.1 Å². The molecule has 29 heavy (non-hydrogen) atoms. The van der Waals surface area contributed by atoms with E-state index < -0.39 is 26.6 Å². The van der Waals surface area contributed by atoms with Gasteiger partial charge in [0.2, 0.25) is 15.9 Å². The molecular formula is C20H29F2N3O3S. The highest BCUT2D eigenvalue weighted by Crippen LogP contribution is 2.25. The third kappa shape index (κ3) is 4.62. The lowest BCUT2D eigenvalue weighted by molar-refractivity contribution is -0.139. The van der Waals surface area contributed by atoms with Crippen LogP contribution in [0.5, 0.6) is 0 Å². The third-order valence-electron chi connectivity index (χ3n) is 5.88. The van der Waals surface area contributed by atoms with E-state index in [9.17, 15) is 22.0 Å². The summed E-state index contributed by atoms with van der Waals surface area (Å²) in [6.45, 7) is 8.46. The van der Waals surface area contributed by atoms with Gasteiger partial charge < -0.3 is 4.90 Å². The van der Waals surface area contributed by atoms with Crippen LogP contribution in [0.25, 0.3) is 0 Å². The number of carbonyl (C=O) groups excluding carboxylic acids is 1. The topological polar surface area (TPSA) is 60.9 Å². The third-order valence-corrected chi connectivity index (χ3v) is 7.83. The molecule has 0 spiro atoms. The SMILES string of the molecule is CC1CC(C)CN(C(=O)C(C)N2CCN(S(=O)(=O)c3c(F)cccc3F)CC2)C1. The molecule has 0 N–H and O–H groups in total. The number of carbonyl (C=O) groups is 1. The fourth-order valence-electron chi connectivity index (χ4n) is 4.45. The average Bonchev–Trinajstić information content (AvgIpc) is 2.66. The molecule has 3 atom stereocenters. The van der Waals surface area contributed by atoms with Crippen molar-refractivity contribution in [3.63, 3.8) is 0 Å². The smallest absolute Gasteiger partial charge is 0.249 e. The van der Waals surface area contributed by atoms with E-state index in [-0.39, 0.29) is 25.0 Å². The highest BCUT2D eigenvalue weighted by molar-refractivity contribution is 7.89. The van der Waals surface area contributed by atoms with Gasteiger partial charge in [-0.25, -0.2) is 17.2 Å². The zero-order chi connectivity index (χ0) is 21.3. The number of halogens is 2. The molecule has 3 unspecified atom stereocenters. The Labute approximate surface area is 171 Å². The fraction of sp³-hybridized carbons (Fsp3) is 0.650. The van der Waals surface area contributed by atoms with Crippen LogP contribution >= 0.6 is 0 Å². The average molecular weight is 430 g/mol. The minimum atomic E-state index is -4.27. The number of rotatable bonds is 4. The lowest BCUT2D eigenvalue weighted by Crippen LogP contribution is -2.56. The van der Waals surface area contributed by atoms with E-state index in [2.05, 4.69) is 13.8 Å². The van der Waals surface area contributed by atoms with Crippen molar-refractivity contribution < 1.29 is 22.0 Å². The Bertz CT molecular complexity index is 826. The van der Waals surface area contributed by atoms with Crippen molar-refractivity contribution in [3.05, 3.63) is 29.8 Å². The number of nitrogens with zero attached hydrogens (tertiary/aromatic N) is 3. The van der Waals surface area contributed by atoms with E-state index in [1.54, 1.807) is 0 Å². The summed E-state index contributed by atoms with van der Waals surface area (Å²) in [7, 11) is -4.27. The number of sulfonamides is 1. The van der Waals surface area contributed by atoms with Crippen LogP contribution < -0.4 is 0 Å². The van der Waals surface area contributed by atoms with Gasteiger partial charge in [0.25, 0.3) is 0 Å². The molecule has 0 aliphatic carbocycles. The summed E-state index contributed by atoms with van der Waals surface area (Å²) >= 11 is 0. The van der Waals surface area contributed by atoms with Gasteiger partial charge >= 0.3 is 0 Å². The second-order valence-corrected chi connectivity index (χ2v) is 10.2. The predicted molar refractivity (Wildman–Crippen MR) is 106 cm³/mol. The van der Waals surface area contributed by atoms with Crippen molar-refractivity contribution in [3.8, 4) is 0 Å². The lowest BCUT2D eigenvalue weighted by atomic mass is 9.91. The first-order chi connectivity index (χ1) is 13.6. The first kappa shape index (κ1) is 22.1. The maximum Gasteiger partial charge on any atom is 0.249 e. The molecule has 2 saturated heterocycles. The molecule has 2 heterocycles. The summed E-state index contributed by atoms with van der Waals surface area (Å²) in [4.78, 5) is 15.9. The number of amides is 1. The Balaban J connectivity index is 1.65. The molecule has 9 heteroatoms. The van der Waals surface area contributed by atoms with Crippen molar-refractivity contribution >= 4 is 15.9 Å². The van der Waals surface area contributed by atoms with Crippen LogP contribution in [0.2, 0.25) is 0 Å². The molecule has 2 aliphatic heterocycles. The van der Waals surface area contributed by atoms with Crippen molar-refractivity contribution in [2.75, 3.05) is 39.3 Å². The zero-order valence-electron chi connectivity index (χ0n) is 17.1. The van der Waals surface area contributed by atoms with Gasteiger partial charge in [-0.1, -0.05) is 19.9 Å². The summed E-state index contributed by atoms with van der Waals surface area (Å²) in [5.74, 6) is -1.20. The van der Waals surface area contributed by atoms with Crippen LogP contribution in [-0.4, -0.2) is 73.7 Å². The molecule has 162 valence electrons. The van der Waals surface area contributed by atoms with Gasteiger partial charge in [0, 0.05) is 39.3 Å². The lowest BCUT2D eigenvalue weighted by Gasteiger charge is -2.41. The number of likely N-dealkylation sites (tertiary alicyclic amines) is 1. The van der Waals surface area contributed by atoms with E-state index in [1.165, 1.54) is 0 Å². The number of hydrogen-bond donors (Lipinski definition) is 0. The number of benzene rings is 1. The van der Waals surface area contributed by atoms with Gasteiger partial charge in [-0.15, -0.1) is 0 Å². The van der Waals surface area contributed by atoms with Gasteiger partial charge in [-0.2, -0.15) is 4.31 Å². The second-order valence-electron chi connectivity index (χ2n) is 8.36. The van der Waals surface area contributed by atoms with E-state index in [0.29, 0.717) is 24.9 Å². The first-order valence-electron chi connectivity index (χ1n) is 10.1. The molecule has 1 aromatic carbocycles. The molecule has 2 fully saturated rings. The summed E-state index contributed by atoms with van der Waals surface area (Å²) in [5.41, 5.74) is 0. The molecule has 2 aliphatic rings. The Hall–Kier alpha value is -1.58. The summed E-state index contributed by atoms with van der Waals surface area (Å²) in [5, 5.41) is 0. The maximum atomic E-state index is 14.0. The first-order valence-corrected chi connectivity index (χ1v) is 11.5. The fourth-order valence-corrected chi connectivity index (χ4v) is 5.98. The molecular weight excluding hydrogens is 400 g/mol. The van der Waals surface area contributed by atoms with Gasteiger partial charge in [0.15, 0.2) is 4.90 Å². The predicted octanol–water partition coefficient (Wildman–Crippen LogP) is 2.16. The largest absolute Gasteiger partial charge is 0.341 e. The quantitative estimate of drug-likeness (QED) is 0.736. The van der Waals surface area contributed by atoms with Gasteiger partial charge in [-0.05, 0) is 37.3 Å². The van der Waals surface area contributed by atoms with Crippen LogP contribution in [0, 0.1) is 23.5 Å².